The molecule has 2 nitrogen and oxygen atoms in total. The third-order valence-corrected chi connectivity index (χ3v) is 3.67. The summed E-state index contributed by atoms with van der Waals surface area (Å²) in [4.78, 5) is 0. The fraction of sp³-hybridized carbons (Fsp3) is 0.529. The third kappa shape index (κ3) is 4.19. The Morgan fingerprint density at radius 1 is 1.37 bits per heavy atom. The maximum Gasteiger partial charge on any atom is 0.0849 e. The van der Waals surface area contributed by atoms with Crippen LogP contribution in [0, 0.1) is 0 Å². The van der Waals surface area contributed by atoms with E-state index in [-0.39, 0.29) is 6.10 Å². The van der Waals surface area contributed by atoms with E-state index in [1.165, 1.54) is 11.1 Å². The summed E-state index contributed by atoms with van der Waals surface area (Å²) in [5.74, 6) is 0. The van der Waals surface area contributed by atoms with Crippen LogP contribution in [0.3, 0.4) is 0 Å². The van der Waals surface area contributed by atoms with Crippen molar-refractivity contribution in [1.29, 1.82) is 0 Å². The zero-order chi connectivity index (χ0) is 13.5. The summed E-state index contributed by atoms with van der Waals surface area (Å²) < 4.78 is 11.7. The SMILES string of the molecule is C=CCCOC1CCOC(c2ccc(CC)cc2)C1. The molecule has 1 heterocycles. The summed E-state index contributed by atoms with van der Waals surface area (Å²) >= 11 is 0. The molecule has 0 bridgehead atoms. The molecule has 1 aromatic rings. The molecule has 2 heteroatoms. The van der Waals surface area contributed by atoms with Crippen LogP contribution >= 0.6 is 0 Å². The lowest BCUT2D eigenvalue weighted by molar-refractivity contribution is -0.0730. The zero-order valence-electron chi connectivity index (χ0n) is 11.8. The van der Waals surface area contributed by atoms with Gasteiger partial charge >= 0.3 is 0 Å². The second-order valence-electron chi connectivity index (χ2n) is 5.05. The fourth-order valence-corrected chi connectivity index (χ4v) is 2.44. The first kappa shape index (κ1) is 14.3. The van der Waals surface area contributed by atoms with Gasteiger partial charge in [0.1, 0.15) is 0 Å². The van der Waals surface area contributed by atoms with Crippen molar-refractivity contribution in [1.82, 2.24) is 0 Å². The van der Waals surface area contributed by atoms with Crippen molar-refractivity contribution in [3.05, 3.63) is 48.0 Å². The van der Waals surface area contributed by atoms with Crippen LogP contribution in [0.15, 0.2) is 36.9 Å². The van der Waals surface area contributed by atoms with Gasteiger partial charge in [-0.3, -0.25) is 0 Å². The summed E-state index contributed by atoms with van der Waals surface area (Å²) in [6.45, 7) is 7.46. The topological polar surface area (TPSA) is 18.5 Å². The minimum atomic E-state index is 0.188. The van der Waals surface area contributed by atoms with Crippen LogP contribution in [-0.2, 0) is 15.9 Å². The Morgan fingerprint density at radius 2 is 2.16 bits per heavy atom. The van der Waals surface area contributed by atoms with Gasteiger partial charge in [-0.1, -0.05) is 37.3 Å². The molecule has 0 spiro atoms. The number of benzene rings is 1. The van der Waals surface area contributed by atoms with Gasteiger partial charge in [-0.2, -0.15) is 0 Å². The highest BCUT2D eigenvalue weighted by molar-refractivity contribution is 5.24. The number of hydrogen-bond donors (Lipinski definition) is 0. The molecule has 19 heavy (non-hydrogen) atoms. The molecular weight excluding hydrogens is 236 g/mol. The van der Waals surface area contributed by atoms with Gasteiger partial charge in [0.25, 0.3) is 0 Å². The first-order chi connectivity index (χ1) is 9.33. The first-order valence-electron chi connectivity index (χ1n) is 7.26. The Balaban J connectivity index is 1.90. The molecule has 1 aliphatic rings. The largest absolute Gasteiger partial charge is 0.378 e. The molecule has 0 amide bonds. The van der Waals surface area contributed by atoms with E-state index in [4.69, 9.17) is 9.47 Å². The summed E-state index contributed by atoms with van der Waals surface area (Å²) in [6, 6.07) is 8.77. The molecular formula is C17H24O2. The van der Waals surface area contributed by atoms with Crippen molar-refractivity contribution in [2.45, 2.75) is 44.8 Å². The van der Waals surface area contributed by atoms with Crippen LogP contribution in [0.5, 0.6) is 0 Å². The Bertz CT molecular complexity index is 383. The van der Waals surface area contributed by atoms with Gasteiger partial charge in [-0.15, -0.1) is 6.58 Å². The molecule has 1 aromatic carbocycles. The summed E-state index contributed by atoms with van der Waals surface area (Å²) in [5.41, 5.74) is 2.65. The molecule has 0 N–H and O–H groups in total. The first-order valence-corrected chi connectivity index (χ1v) is 7.26. The van der Waals surface area contributed by atoms with E-state index >= 15 is 0 Å². The van der Waals surface area contributed by atoms with Crippen molar-refractivity contribution >= 4 is 0 Å². The standard InChI is InChI=1S/C17H24O2/c1-3-5-11-18-16-10-12-19-17(13-16)15-8-6-14(4-2)7-9-15/h3,6-9,16-17H,1,4-5,10-13H2,2H3. The smallest absolute Gasteiger partial charge is 0.0849 e. The summed E-state index contributed by atoms with van der Waals surface area (Å²) in [7, 11) is 0. The summed E-state index contributed by atoms with van der Waals surface area (Å²) in [6.07, 6.45) is 6.38. The van der Waals surface area contributed by atoms with E-state index in [1.54, 1.807) is 0 Å². The van der Waals surface area contributed by atoms with E-state index in [2.05, 4.69) is 37.8 Å². The van der Waals surface area contributed by atoms with Crippen LogP contribution in [-0.4, -0.2) is 19.3 Å². The third-order valence-electron chi connectivity index (χ3n) is 3.67. The molecule has 2 rings (SSSR count). The average molecular weight is 260 g/mol. The number of aryl methyl sites for hydroxylation is 1. The monoisotopic (exact) mass is 260 g/mol. The molecule has 0 saturated carbocycles. The number of rotatable bonds is 6. The van der Waals surface area contributed by atoms with Crippen LogP contribution in [0.1, 0.15) is 43.4 Å². The number of ether oxygens (including phenoxy) is 2. The Labute approximate surface area is 116 Å². The lowest BCUT2D eigenvalue weighted by Gasteiger charge is -2.30. The van der Waals surface area contributed by atoms with Crippen LogP contribution in [0.2, 0.25) is 0 Å². The highest BCUT2D eigenvalue weighted by Crippen LogP contribution is 2.29. The molecule has 0 radical (unpaired) electrons. The fourth-order valence-electron chi connectivity index (χ4n) is 2.44. The van der Waals surface area contributed by atoms with E-state index in [0.29, 0.717) is 6.10 Å². The van der Waals surface area contributed by atoms with Gasteiger partial charge < -0.3 is 9.47 Å². The molecule has 1 fully saturated rings. The van der Waals surface area contributed by atoms with Crippen molar-refractivity contribution in [3.63, 3.8) is 0 Å². The van der Waals surface area contributed by atoms with Crippen LogP contribution in [0.4, 0.5) is 0 Å². The molecule has 1 aliphatic heterocycles. The second-order valence-corrected chi connectivity index (χ2v) is 5.05. The van der Waals surface area contributed by atoms with Gasteiger partial charge in [0.15, 0.2) is 0 Å². The predicted molar refractivity (Wildman–Crippen MR) is 78.3 cm³/mol. The predicted octanol–water partition coefficient (Wildman–Crippen LogP) is 4.06. The normalized spacial score (nSPS) is 23.2. The van der Waals surface area contributed by atoms with Gasteiger partial charge in [-0.05, 0) is 30.4 Å². The van der Waals surface area contributed by atoms with E-state index in [0.717, 1.165) is 38.9 Å². The van der Waals surface area contributed by atoms with E-state index in [1.807, 2.05) is 6.08 Å². The Kier molecular flexibility index (Phi) is 5.62. The molecule has 0 aromatic heterocycles. The number of hydrogen-bond acceptors (Lipinski definition) is 2. The van der Waals surface area contributed by atoms with Crippen molar-refractivity contribution in [2.75, 3.05) is 13.2 Å². The molecule has 1 saturated heterocycles. The molecule has 104 valence electrons. The van der Waals surface area contributed by atoms with Crippen molar-refractivity contribution in [2.24, 2.45) is 0 Å². The Hall–Kier alpha value is -1.12. The van der Waals surface area contributed by atoms with Crippen molar-refractivity contribution < 1.29 is 9.47 Å². The van der Waals surface area contributed by atoms with Gasteiger partial charge in [0, 0.05) is 13.0 Å². The van der Waals surface area contributed by atoms with Gasteiger partial charge in [-0.25, -0.2) is 0 Å². The quantitative estimate of drug-likeness (QED) is 0.567. The maximum absolute atomic E-state index is 5.87. The maximum atomic E-state index is 5.87. The Morgan fingerprint density at radius 3 is 2.84 bits per heavy atom. The highest BCUT2D eigenvalue weighted by Gasteiger charge is 2.24. The van der Waals surface area contributed by atoms with Gasteiger partial charge in [0.2, 0.25) is 0 Å². The van der Waals surface area contributed by atoms with E-state index < -0.39 is 0 Å². The lowest BCUT2D eigenvalue weighted by Crippen LogP contribution is -2.26. The van der Waals surface area contributed by atoms with E-state index in [9.17, 15) is 0 Å². The van der Waals surface area contributed by atoms with Crippen LogP contribution < -0.4 is 0 Å². The highest BCUT2D eigenvalue weighted by atomic mass is 16.5. The van der Waals surface area contributed by atoms with Crippen LogP contribution in [0.25, 0.3) is 0 Å². The minimum Gasteiger partial charge on any atom is -0.378 e. The zero-order valence-corrected chi connectivity index (χ0v) is 11.8. The minimum absolute atomic E-state index is 0.188. The van der Waals surface area contributed by atoms with Crippen molar-refractivity contribution in [3.8, 4) is 0 Å². The molecule has 2 atom stereocenters. The second kappa shape index (κ2) is 7.46. The molecule has 2 unspecified atom stereocenters. The summed E-state index contributed by atoms with van der Waals surface area (Å²) in [5, 5.41) is 0. The molecule has 0 aliphatic carbocycles. The lowest BCUT2D eigenvalue weighted by atomic mass is 9.98. The van der Waals surface area contributed by atoms with Gasteiger partial charge in [0.05, 0.1) is 18.8 Å². The average Bonchev–Trinajstić information content (AvgIpc) is 2.48.